The van der Waals surface area contributed by atoms with Crippen LogP contribution in [0.15, 0.2) is 24.3 Å². The van der Waals surface area contributed by atoms with Gasteiger partial charge in [0, 0.05) is 38.5 Å². The monoisotopic (exact) mass is 460 g/mol. The van der Waals surface area contributed by atoms with Gasteiger partial charge in [-0.05, 0) is 74.8 Å². The molecule has 179 valence electrons. The van der Waals surface area contributed by atoms with Crippen molar-refractivity contribution in [2.45, 2.75) is 51.0 Å². The molecule has 4 aliphatic rings. The van der Waals surface area contributed by atoms with Gasteiger partial charge in [-0.3, -0.25) is 14.4 Å². The molecule has 1 atom stereocenters. The minimum Gasteiger partial charge on any atom is -0.343 e. The van der Waals surface area contributed by atoms with E-state index in [1.165, 1.54) is 17.0 Å². The molecule has 3 fully saturated rings. The first kappa shape index (κ1) is 23.4. The summed E-state index contributed by atoms with van der Waals surface area (Å²) in [6.07, 6.45) is 14.1. The molecule has 5 radical (unpaired) electrons. The molecule has 6 nitrogen and oxygen atoms in total. The summed E-state index contributed by atoms with van der Waals surface area (Å²) in [4.78, 5) is 44.5. The van der Waals surface area contributed by atoms with Gasteiger partial charge in [-0.1, -0.05) is 30.7 Å². The molecule has 1 aromatic carbocycles. The van der Waals surface area contributed by atoms with E-state index < -0.39 is 0 Å². The highest BCUT2D eigenvalue weighted by Crippen LogP contribution is 2.34. The van der Waals surface area contributed by atoms with Gasteiger partial charge in [0.1, 0.15) is 0 Å². The molecule has 2 saturated heterocycles. The van der Waals surface area contributed by atoms with Crippen LogP contribution >= 0.6 is 0 Å². The molecular formula is C28H34N3O3. The molecule has 1 aromatic rings. The van der Waals surface area contributed by atoms with Crippen LogP contribution in [0.3, 0.4) is 0 Å². The predicted octanol–water partition coefficient (Wildman–Crippen LogP) is 3.16. The number of unbranched alkanes of at least 4 members (excludes halogenated alkanes) is 1. The maximum absolute atomic E-state index is 13.3. The zero-order chi connectivity index (χ0) is 23.5. The molecule has 1 unspecified atom stereocenters. The third-order valence-corrected chi connectivity index (χ3v) is 7.80. The topological polar surface area (TPSA) is 60.9 Å². The Balaban J connectivity index is 1.10. The molecule has 3 amide bonds. The van der Waals surface area contributed by atoms with E-state index in [1.807, 2.05) is 21.9 Å². The Morgan fingerprint density at radius 3 is 2.50 bits per heavy atom. The van der Waals surface area contributed by atoms with Crippen molar-refractivity contribution in [3.63, 3.8) is 0 Å². The average molecular weight is 461 g/mol. The van der Waals surface area contributed by atoms with Crippen LogP contribution in [0.4, 0.5) is 0 Å². The van der Waals surface area contributed by atoms with Crippen LogP contribution in [-0.4, -0.2) is 65.1 Å². The van der Waals surface area contributed by atoms with E-state index in [1.54, 1.807) is 4.90 Å². The minimum absolute atomic E-state index is 0.0369. The molecule has 3 aliphatic heterocycles. The van der Waals surface area contributed by atoms with Gasteiger partial charge in [0.15, 0.2) is 0 Å². The van der Waals surface area contributed by atoms with Crippen molar-refractivity contribution in [3.05, 3.63) is 67.0 Å². The second kappa shape index (κ2) is 10.5. The SMILES string of the molecule is O=C(CCCC[C]1[CH][CH][CH][CH]1)N1CCC(C(=O)N2CC(=O)N3CCc4ccccc4C3C2)CC1. The van der Waals surface area contributed by atoms with E-state index in [0.717, 1.165) is 32.2 Å². The molecule has 0 aromatic heterocycles. The summed E-state index contributed by atoms with van der Waals surface area (Å²) in [6.45, 7) is 2.76. The number of hydrogen-bond acceptors (Lipinski definition) is 3. The molecule has 34 heavy (non-hydrogen) atoms. The van der Waals surface area contributed by atoms with Crippen LogP contribution in [-0.2, 0) is 20.8 Å². The quantitative estimate of drug-likeness (QED) is 0.613. The Bertz CT molecular complexity index is 902. The van der Waals surface area contributed by atoms with Crippen LogP contribution in [0.2, 0.25) is 0 Å². The minimum atomic E-state index is -0.0976. The summed E-state index contributed by atoms with van der Waals surface area (Å²) in [5.41, 5.74) is 2.46. The van der Waals surface area contributed by atoms with Crippen LogP contribution in [0, 0.1) is 37.5 Å². The smallest absolute Gasteiger partial charge is 0.242 e. The Morgan fingerprint density at radius 1 is 0.941 bits per heavy atom. The number of piperidine rings is 1. The highest BCUT2D eigenvalue weighted by atomic mass is 16.2. The second-order valence-corrected chi connectivity index (χ2v) is 9.93. The van der Waals surface area contributed by atoms with Gasteiger partial charge in [-0.2, -0.15) is 0 Å². The molecule has 0 spiro atoms. The number of amides is 3. The third-order valence-electron chi connectivity index (χ3n) is 7.80. The largest absolute Gasteiger partial charge is 0.343 e. The number of carbonyl (C=O) groups excluding carboxylic acids is 3. The molecule has 1 saturated carbocycles. The molecule has 6 heteroatoms. The van der Waals surface area contributed by atoms with Crippen LogP contribution in [0.5, 0.6) is 0 Å². The van der Waals surface area contributed by atoms with Gasteiger partial charge in [-0.15, -0.1) is 0 Å². The Morgan fingerprint density at radius 2 is 1.71 bits per heavy atom. The summed E-state index contributed by atoms with van der Waals surface area (Å²) in [6, 6.07) is 8.25. The van der Waals surface area contributed by atoms with Crippen molar-refractivity contribution in [2.24, 2.45) is 5.92 Å². The lowest BCUT2D eigenvalue weighted by Crippen LogP contribution is -2.57. The van der Waals surface area contributed by atoms with Crippen molar-refractivity contribution in [2.75, 3.05) is 32.7 Å². The highest BCUT2D eigenvalue weighted by molar-refractivity contribution is 5.88. The number of likely N-dealkylation sites (tertiary alicyclic amines) is 1. The lowest BCUT2D eigenvalue weighted by molar-refractivity contribution is -0.152. The number of benzene rings is 1. The lowest BCUT2D eigenvalue weighted by Gasteiger charge is -2.45. The zero-order valence-corrected chi connectivity index (χ0v) is 19.8. The normalized spacial score (nSPS) is 23.7. The fourth-order valence-corrected chi connectivity index (χ4v) is 5.82. The summed E-state index contributed by atoms with van der Waals surface area (Å²) in [5.74, 6) is 1.57. The number of rotatable bonds is 6. The van der Waals surface area contributed by atoms with E-state index in [-0.39, 0.29) is 36.2 Å². The first-order chi connectivity index (χ1) is 16.6. The molecule has 0 bridgehead atoms. The van der Waals surface area contributed by atoms with Crippen molar-refractivity contribution < 1.29 is 14.4 Å². The first-order valence-corrected chi connectivity index (χ1v) is 12.7. The second-order valence-electron chi connectivity index (χ2n) is 9.93. The zero-order valence-electron chi connectivity index (χ0n) is 19.8. The van der Waals surface area contributed by atoms with Gasteiger partial charge < -0.3 is 14.7 Å². The number of carbonyl (C=O) groups is 3. The van der Waals surface area contributed by atoms with Gasteiger partial charge in [0.25, 0.3) is 0 Å². The molecule has 0 N–H and O–H groups in total. The summed E-state index contributed by atoms with van der Waals surface area (Å²) >= 11 is 0. The maximum atomic E-state index is 13.3. The van der Waals surface area contributed by atoms with Gasteiger partial charge >= 0.3 is 0 Å². The molecular weight excluding hydrogens is 426 g/mol. The fraction of sp³-hybridized carbons (Fsp3) is 0.500. The molecule has 5 rings (SSSR count). The predicted molar refractivity (Wildman–Crippen MR) is 129 cm³/mol. The Hall–Kier alpha value is -2.37. The summed E-state index contributed by atoms with van der Waals surface area (Å²) < 4.78 is 0. The van der Waals surface area contributed by atoms with Crippen molar-refractivity contribution in [3.8, 4) is 0 Å². The maximum Gasteiger partial charge on any atom is 0.242 e. The van der Waals surface area contributed by atoms with Crippen molar-refractivity contribution >= 4 is 17.7 Å². The Labute approximate surface area is 203 Å². The van der Waals surface area contributed by atoms with E-state index in [4.69, 9.17) is 0 Å². The summed E-state index contributed by atoms with van der Waals surface area (Å²) in [5, 5.41) is 0. The standard InChI is InChI=1S/C28H34N3O3/c32-26(12-6-3-9-21-7-1-2-8-21)29-16-13-23(14-17-29)28(34)30-19-25-24-11-5-4-10-22(24)15-18-31(25)27(33)20-30/h1-2,4-5,7-8,10-11,23,25H,3,6,9,12-20H2. The first-order valence-electron chi connectivity index (χ1n) is 12.7. The Kier molecular flexibility index (Phi) is 7.21. The van der Waals surface area contributed by atoms with Crippen LogP contribution < -0.4 is 0 Å². The average Bonchev–Trinajstić information content (AvgIpc) is 3.39. The third kappa shape index (κ3) is 5.01. The van der Waals surface area contributed by atoms with Gasteiger partial charge in [0.05, 0.1) is 12.6 Å². The van der Waals surface area contributed by atoms with Gasteiger partial charge in [-0.25, -0.2) is 0 Å². The highest BCUT2D eigenvalue weighted by Gasteiger charge is 2.40. The van der Waals surface area contributed by atoms with Crippen LogP contribution in [0.1, 0.15) is 55.7 Å². The van der Waals surface area contributed by atoms with E-state index in [2.05, 4.69) is 37.8 Å². The van der Waals surface area contributed by atoms with Crippen LogP contribution in [0.25, 0.3) is 0 Å². The number of fused-ring (bicyclic) bond motifs is 3. The van der Waals surface area contributed by atoms with Gasteiger partial charge in [0.2, 0.25) is 17.7 Å². The fourth-order valence-electron chi connectivity index (χ4n) is 5.82. The van der Waals surface area contributed by atoms with Crippen molar-refractivity contribution in [1.29, 1.82) is 0 Å². The summed E-state index contributed by atoms with van der Waals surface area (Å²) in [7, 11) is 0. The van der Waals surface area contributed by atoms with E-state index in [0.29, 0.717) is 38.9 Å². The van der Waals surface area contributed by atoms with Crippen molar-refractivity contribution in [1.82, 2.24) is 14.7 Å². The van der Waals surface area contributed by atoms with E-state index in [9.17, 15) is 14.4 Å². The lowest BCUT2D eigenvalue weighted by atomic mass is 9.89. The number of hydrogen-bond donors (Lipinski definition) is 0. The molecule has 3 heterocycles. The number of piperazine rings is 1. The molecule has 1 aliphatic carbocycles. The van der Waals surface area contributed by atoms with E-state index >= 15 is 0 Å². The number of nitrogens with zero attached hydrogens (tertiary/aromatic N) is 3.